The minimum absolute atomic E-state index is 0.00595. The van der Waals surface area contributed by atoms with E-state index in [1.165, 1.54) is 16.7 Å². The van der Waals surface area contributed by atoms with Crippen LogP contribution in [-0.4, -0.2) is 12.5 Å². The minimum Gasteiger partial charge on any atom is -0.349 e. The first-order valence-electron chi connectivity index (χ1n) is 7.48. The molecule has 0 aliphatic heterocycles. The summed E-state index contributed by atoms with van der Waals surface area (Å²) in [5, 5.41) is 3.14. The highest BCUT2D eigenvalue weighted by Gasteiger charge is 2.34. The molecule has 3 heteroatoms. The molecule has 0 aliphatic rings. The average molecular weight is 276 g/mol. The van der Waals surface area contributed by atoms with Gasteiger partial charge in [0.05, 0.1) is 11.5 Å². The lowest BCUT2D eigenvalue weighted by Crippen LogP contribution is -2.46. The Labute approximate surface area is 122 Å². The zero-order chi connectivity index (χ0) is 15.3. The maximum Gasteiger partial charge on any atom is 0.227 e. The summed E-state index contributed by atoms with van der Waals surface area (Å²) in [7, 11) is 0. The highest BCUT2D eigenvalue weighted by molar-refractivity contribution is 5.83. The third-order valence-electron chi connectivity index (χ3n) is 4.47. The second-order valence-corrected chi connectivity index (χ2v) is 5.75. The van der Waals surface area contributed by atoms with Gasteiger partial charge in [0.25, 0.3) is 0 Å². The molecule has 1 rings (SSSR count). The molecule has 3 nitrogen and oxygen atoms in total. The molecular formula is C17H28N2O. The Balaban J connectivity index is 2.92. The second kappa shape index (κ2) is 6.89. The second-order valence-electron chi connectivity index (χ2n) is 5.75. The summed E-state index contributed by atoms with van der Waals surface area (Å²) >= 11 is 0. The third-order valence-corrected chi connectivity index (χ3v) is 4.47. The number of nitrogens with two attached hydrogens (primary N) is 1. The summed E-state index contributed by atoms with van der Waals surface area (Å²) in [5.74, 6) is 0.0680. The standard InChI is InChI=1S/C17H28N2O/c1-6-17(7-2,11-18)16(20)19-14(5)15-10-12(3)8-9-13(15)4/h8-10,14H,6-7,11,18H2,1-5H3,(H,19,20). The molecule has 1 aromatic rings. The van der Waals surface area contributed by atoms with Gasteiger partial charge in [-0.25, -0.2) is 0 Å². The van der Waals surface area contributed by atoms with E-state index in [-0.39, 0.29) is 11.9 Å². The molecule has 0 aliphatic carbocycles. The van der Waals surface area contributed by atoms with Gasteiger partial charge in [0, 0.05) is 6.54 Å². The fraction of sp³-hybridized carbons (Fsp3) is 0.588. The first-order chi connectivity index (χ1) is 9.40. The molecule has 1 unspecified atom stereocenters. The Morgan fingerprint density at radius 2 is 1.90 bits per heavy atom. The van der Waals surface area contributed by atoms with Crippen LogP contribution in [0.3, 0.4) is 0 Å². The van der Waals surface area contributed by atoms with Crippen LogP contribution < -0.4 is 11.1 Å². The number of carbonyl (C=O) groups excluding carboxylic acids is 1. The predicted octanol–water partition coefficient (Wildman–Crippen LogP) is 3.25. The van der Waals surface area contributed by atoms with Gasteiger partial charge in [-0.15, -0.1) is 0 Å². The Morgan fingerprint density at radius 3 is 2.40 bits per heavy atom. The van der Waals surface area contributed by atoms with Crippen molar-refractivity contribution in [3.8, 4) is 0 Å². The third kappa shape index (κ3) is 3.40. The molecule has 3 N–H and O–H groups in total. The van der Waals surface area contributed by atoms with Crippen LogP contribution >= 0.6 is 0 Å². The monoisotopic (exact) mass is 276 g/mol. The van der Waals surface area contributed by atoms with Crippen molar-refractivity contribution in [2.24, 2.45) is 11.1 Å². The van der Waals surface area contributed by atoms with Crippen molar-refractivity contribution < 1.29 is 4.79 Å². The highest BCUT2D eigenvalue weighted by atomic mass is 16.2. The van der Waals surface area contributed by atoms with Gasteiger partial charge in [-0.05, 0) is 44.7 Å². The lowest BCUT2D eigenvalue weighted by atomic mass is 9.81. The van der Waals surface area contributed by atoms with E-state index >= 15 is 0 Å². The molecule has 0 heterocycles. The van der Waals surface area contributed by atoms with Crippen molar-refractivity contribution in [3.05, 3.63) is 34.9 Å². The van der Waals surface area contributed by atoms with Gasteiger partial charge in [0.1, 0.15) is 0 Å². The molecule has 0 aromatic heterocycles. The number of aryl methyl sites for hydroxylation is 2. The number of nitrogens with one attached hydrogen (secondary N) is 1. The lowest BCUT2D eigenvalue weighted by Gasteiger charge is -2.30. The van der Waals surface area contributed by atoms with E-state index in [1.807, 2.05) is 20.8 Å². The number of carbonyl (C=O) groups is 1. The van der Waals surface area contributed by atoms with Gasteiger partial charge >= 0.3 is 0 Å². The van der Waals surface area contributed by atoms with Gasteiger partial charge in [0.2, 0.25) is 5.91 Å². The largest absolute Gasteiger partial charge is 0.349 e. The minimum atomic E-state index is -0.439. The normalized spacial score (nSPS) is 13.1. The molecule has 1 amide bonds. The van der Waals surface area contributed by atoms with Crippen LogP contribution in [0.4, 0.5) is 0 Å². The van der Waals surface area contributed by atoms with Crippen molar-refractivity contribution in [3.63, 3.8) is 0 Å². The van der Waals surface area contributed by atoms with E-state index < -0.39 is 5.41 Å². The maximum absolute atomic E-state index is 12.5. The topological polar surface area (TPSA) is 55.1 Å². The smallest absolute Gasteiger partial charge is 0.227 e. The number of amides is 1. The maximum atomic E-state index is 12.5. The average Bonchev–Trinajstić information content (AvgIpc) is 2.44. The van der Waals surface area contributed by atoms with Crippen molar-refractivity contribution >= 4 is 5.91 Å². The molecule has 0 saturated carbocycles. The Morgan fingerprint density at radius 1 is 1.30 bits per heavy atom. The van der Waals surface area contributed by atoms with Gasteiger partial charge in [-0.3, -0.25) is 4.79 Å². The van der Waals surface area contributed by atoms with Gasteiger partial charge in [0.15, 0.2) is 0 Å². The first kappa shape index (κ1) is 16.7. The van der Waals surface area contributed by atoms with Crippen LogP contribution in [0.2, 0.25) is 0 Å². The molecule has 0 saturated heterocycles. The summed E-state index contributed by atoms with van der Waals surface area (Å²) < 4.78 is 0. The van der Waals surface area contributed by atoms with Crippen LogP contribution in [0.15, 0.2) is 18.2 Å². The highest BCUT2D eigenvalue weighted by Crippen LogP contribution is 2.27. The Hall–Kier alpha value is -1.35. The number of benzene rings is 1. The van der Waals surface area contributed by atoms with Crippen LogP contribution in [0.5, 0.6) is 0 Å². The fourth-order valence-electron chi connectivity index (χ4n) is 2.61. The quantitative estimate of drug-likeness (QED) is 0.838. The zero-order valence-electron chi connectivity index (χ0n) is 13.4. The van der Waals surface area contributed by atoms with E-state index in [9.17, 15) is 4.79 Å². The van der Waals surface area contributed by atoms with Crippen molar-refractivity contribution in [2.45, 2.75) is 53.5 Å². The molecule has 1 atom stereocenters. The zero-order valence-corrected chi connectivity index (χ0v) is 13.4. The van der Waals surface area contributed by atoms with Crippen LogP contribution in [-0.2, 0) is 4.79 Å². The molecule has 0 radical (unpaired) electrons. The van der Waals surface area contributed by atoms with Crippen LogP contribution in [0.1, 0.15) is 56.3 Å². The summed E-state index contributed by atoms with van der Waals surface area (Å²) in [6, 6.07) is 6.34. The number of hydrogen-bond donors (Lipinski definition) is 2. The first-order valence-corrected chi connectivity index (χ1v) is 7.48. The number of hydrogen-bond acceptors (Lipinski definition) is 2. The summed E-state index contributed by atoms with van der Waals surface area (Å²) in [4.78, 5) is 12.5. The lowest BCUT2D eigenvalue weighted by molar-refractivity contribution is -0.131. The van der Waals surface area contributed by atoms with Gasteiger partial charge in [-0.1, -0.05) is 37.6 Å². The van der Waals surface area contributed by atoms with Gasteiger partial charge in [-0.2, -0.15) is 0 Å². The molecule has 112 valence electrons. The van der Waals surface area contributed by atoms with E-state index in [0.717, 1.165) is 12.8 Å². The number of rotatable bonds is 6. The fourth-order valence-corrected chi connectivity index (χ4v) is 2.61. The SMILES string of the molecule is CCC(CC)(CN)C(=O)NC(C)c1cc(C)ccc1C. The van der Waals surface area contributed by atoms with Crippen LogP contribution in [0, 0.1) is 19.3 Å². The summed E-state index contributed by atoms with van der Waals surface area (Å²) in [6.07, 6.45) is 1.54. The predicted molar refractivity (Wildman–Crippen MR) is 84.5 cm³/mol. The van der Waals surface area contributed by atoms with E-state index in [0.29, 0.717) is 6.54 Å². The summed E-state index contributed by atoms with van der Waals surface area (Å²) in [6.45, 7) is 10.6. The van der Waals surface area contributed by atoms with E-state index in [2.05, 4.69) is 37.4 Å². The van der Waals surface area contributed by atoms with Crippen molar-refractivity contribution in [1.29, 1.82) is 0 Å². The molecule has 0 spiro atoms. The Bertz CT molecular complexity index is 456. The molecular weight excluding hydrogens is 248 g/mol. The molecule has 0 fully saturated rings. The summed E-state index contributed by atoms with van der Waals surface area (Å²) in [5.41, 5.74) is 8.99. The molecule has 1 aromatic carbocycles. The van der Waals surface area contributed by atoms with Gasteiger partial charge < -0.3 is 11.1 Å². The molecule has 0 bridgehead atoms. The van der Waals surface area contributed by atoms with E-state index in [1.54, 1.807) is 0 Å². The van der Waals surface area contributed by atoms with Crippen molar-refractivity contribution in [1.82, 2.24) is 5.32 Å². The Kier molecular flexibility index (Phi) is 5.75. The van der Waals surface area contributed by atoms with E-state index in [4.69, 9.17) is 5.73 Å². The molecule has 20 heavy (non-hydrogen) atoms. The van der Waals surface area contributed by atoms with Crippen LogP contribution in [0.25, 0.3) is 0 Å². The van der Waals surface area contributed by atoms with Crippen molar-refractivity contribution in [2.75, 3.05) is 6.54 Å².